The number of halogens is 2. The summed E-state index contributed by atoms with van der Waals surface area (Å²) in [4.78, 5) is 11.0. The lowest BCUT2D eigenvalue weighted by atomic mass is 10.1. The molecule has 2 N–H and O–H groups in total. The molecule has 0 saturated carbocycles. The standard InChI is InChI=1S/C15H13F2NO2/c16-11-6-4-10(5-7-11)8-9-18-14-12(15(19)20)2-1-3-13(14)17/h1-7,18H,8-9H2,(H,19,20). The second-order valence-electron chi connectivity index (χ2n) is 4.27. The lowest BCUT2D eigenvalue weighted by molar-refractivity contribution is 0.0697. The summed E-state index contributed by atoms with van der Waals surface area (Å²) in [6.45, 7) is 0.354. The zero-order chi connectivity index (χ0) is 14.5. The van der Waals surface area contributed by atoms with Crippen LogP contribution in [0.3, 0.4) is 0 Å². The molecule has 0 atom stereocenters. The van der Waals surface area contributed by atoms with Crippen LogP contribution < -0.4 is 5.32 Å². The first-order valence-electron chi connectivity index (χ1n) is 6.08. The van der Waals surface area contributed by atoms with E-state index >= 15 is 0 Å². The molecule has 0 saturated heterocycles. The number of anilines is 1. The highest BCUT2D eigenvalue weighted by Gasteiger charge is 2.13. The fraction of sp³-hybridized carbons (Fsp3) is 0.133. The highest BCUT2D eigenvalue weighted by molar-refractivity contribution is 5.94. The van der Waals surface area contributed by atoms with Crippen molar-refractivity contribution in [3.63, 3.8) is 0 Å². The maximum absolute atomic E-state index is 13.6. The fourth-order valence-corrected chi connectivity index (χ4v) is 1.86. The molecule has 5 heteroatoms. The Hall–Kier alpha value is -2.43. The van der Waals surface area contributed by atoms with E-state index in [2.05, 4.69) is 5.32 Å². The van der Waals surface area contributed by atoms with Gasteiger partial charge >= 0.3 is 5.97 Å². The molecule has 2 aromatic carbocycles. The molecule has 0 aliphatic heterocycles. The van der Waals surface area contributed by atoms with E-state index in [1.807, 2.05) is 0 Å². The summed E-state index contributed by atoms with van der Waals surface area (Å²) in [6, 6.07) is 9.86. The lowest BCUT2D eigenvalue weighted by Gasteiger charge is -2.10. The van der Waals surface area contributed by atoms with Crippen LogP contribution >= 0.6 is 0 Å². The van der Waals surface area contributed by atoms with E-state index in [1.54, 1.807) is 12.1 Å². The van der Waals surface area contributed by atoms with Crippen LogP contribution in [0.1, 0.15) is 15.9 Å². The highest BCUT2D eigenvalue weighted by Crippen LogP contribution is 2.19. The number of aromatic carboxylic acids is 1. The van der Waals surface area contributed by atoms with Gasteiger partial charge in [-0.25, -0.2) is 13.6 Å². The van der Waals surface area contributed by atoms with Crippen molar-refractivity contribution in [1.29, 1.82) is 0 Å². The average Bonchev–Trinajstić information content (AvgIpc) is 2.42. The zero-order valence-electron chi connectivity index (χ0n) is 10.6. The topological polar surface area (TPSA) is 49.3 Å². The third kappa shape index (κ3) is 3.32. The summed E-state index contributed by atoms with van der Waals surface area (Å²) in [6.07, 6.45) is 0.535. The number of benzene rings is 2. The summed E-state index contributed by atoms with van der Waals surface area (Å²) in [5.74, 6) is -2.11. The molecule has 0 spiro atoms. The van der Waals surface area contributed by atoms with E-state index in [4.69, 9.17) is 5.11 Å². The van der Waals surface area contributed by atoms with Crippen molar-refractivity contribution in [2.75, 3.05) is 11.9 Å². The number of hydrogen-bond donors (Lipinski definition) is 2. The fourth-order valence-electron chi connectivity index (χ4n) is 1.86. The molecule has 0 radical (unpaired) electrons. The Bertz CT molecular complexity index is 612. The molecule has 20 heavy (non-hydrogen) atoms. The van der Waals surface area contributed by atoms with Crippen molar-refractivity contribution >= 4 is 11.7 Å². The molecule has 0 bridgehead atoms. The summed E-state index contributed by atoms with van der Waals surface area (Å²) in [5, 5.41) is 11.8. The first kappa shape index (κ1) is 14.0. The maximum Gasteiger partial charge on any atom is 0.337 e. The van der Waals surface area contributed by atoms with Crippen molar-refractivity contribution < 1.29 is 18.7 Å². The molecule has 0 fully saturated rings. The van der Waals surface area contributed by atoms with E-state index in [1.165, 1.54) is 30.3 Å². The predicted molar refractivity (Wildman–Crippen MR) is 72.0 cm³/mol. The molecule has 0 aromatic heterocycles. The molecule has 0 unspecified atom stereocenters. The Morgan fingerprint density at radius 1 is 1.10 bits per heavy atom. The summed E-state index contributed by atoms with van der Waals surface area (Å²) >= 11 is 0. The molecule has 2 aromatic rings. The normalized spacial score (nSPS) is 10.3. The molecule has 2 rings (SSSR count). The molecule has 0 aliphatic carbocycles. The molecule has 0 heterocycles. The monoisotopic (exact) mass is 277 g/mol. The summed E-state index contributed by atoms with van der Waals surface area (Å²) in [5.41, 5.74) is 0.748. The van der Waals surface area contributed by atoms with E-state index in [-0.39, 0.29) is 17.1 Å². The van der Waals surface area contributed by atoms with E-state index in [9.17, 15) is 13.6 Å². The lowest BCUT2D eigenvalue weighted by Crippen LogP contribution is -2.11. The Morgan fingerprint density at radius 2 is 1.80 bits per heavy atom. The summed E-state index contributed by atoms with van der Waals surface area (Å²) < 4.78 is 26.4. The van der Waals surface area contributed by atoms with Crippen LogP contribution in [0.25, 0.3) is 0 Å². The third-order valence-electron chi connectivity index (χ3n) is 2.87. The van der Waals surface area contributed by atoms with Crippen molar-refractivity contribution in [2.24, 2.45) is 0 Å². The Morgan fingerprint density at radius 3 is 2.45 bits per heavy atom. The van der Waals surface area contributed by atoms with Gasteiger partial charge in [0, 0.05) is 6.54 Å². The SMILES string of the molecule is O=C(O)c1cccc(F)c1NCCc1ccc(F)cc1. The molecule has 0 amide bonds. The van der Waals surface area contributed by atoms with Crippen LogP contribution in [0, 0.1) is 11.6 Å². The zero-order valence-corrected chi connectivity index (χ0v) is 10.6. The van der Waals surface area contributed by atoms with Gasteiger partial charge in [-0.05, 0) is 36.2 Å². The van der Waals surface area contributed by atoms with Crippen molar-refractivity contribution in [2.45, 2.75) is 6.42 Å². The number of carboxylic acids is 1. The third-order valence-corrected chi connectivity index (χ3v) is 2.87. The van der Waals surface area contributed by atoms with Gasteiger partial charge in [0.15, 0.2) is 0 Å². The number of rotatable bonds is 5. The van der Waals surface area contributed by atoms with E-state index in [0.29, 0.717) is 13.0 Å². The smallest absolute Gasteiger partial charge is 0.337 e. The van der Waals surface area contributed by atoms with Gasteiger partial charge in [0.1, 0.15) is 11.6 Å². The van der Waals surface area contributed by atoms with Gasteiger partial charge in [0.25, 0.3) is 0 Å². The number of hydrogen-bond acceptors (Lipinski definition) is 2. The van der Waals surface area contributed by atoms with Crippen molar-refractivity contribution in [3.05, 3.63) is 65.2 Å². The van der Waals surface area contributed by atoms with Gasteiger partial charge in [-0.2, -0.15) is 0 Å². The molecular formula is C15H13F2NO2. The number of para-hydroxylation sites is 1. The average molecular weight is 277 g/mol. The molecular weight excluding hydrogens is 264 g/mol. The van der Waals surface area contributed by atoms with E-state index in [0.717, 1.165) is 5.56 Å². The van der Waals surface area contributed by atoms with Gasteiger partial charge < -0.3 is 10.4 Å². The van der Waals surface area contributed by atoms with Crippen LogP contribution in [-0.4, -0.2) is 17.6 Å². The predicted octanol–water partition coefficient (Wildman–Crippen LogP) is 3.32. The largest absolute Gasteiger partial charge is 0.478 e. The van der Waals surface area contributed by atoms with Gasteiger partial charge in [0.2, 0.25) is 0 Å². The number of carbonyl (C=O) groups is 1. The van der Waals surface area contributed by atoms with Gasteiger partial charge in [-0.15, -0.1) is 0 Å². The first-order chi connectivity index (χ1) is 9.58. The van der Waals surface area contributed by atoms with Crippen molar-refractivity contribution in [3.8, 4) is 0 Å². The quantitative estimate of drug-likeness (QED) is 0.881. The Balaban J connectivity index is 2.04. The van der Waals surface area contributed by atoms with Crippen LogP contribution in [0.4, 0.5) is 14.5 Å². The minimum absolute atomic E-state index is 0.0258. The van der Waals surface area contributed by atoms with Gasteiger partial charge in [-0.1, -0.05) is 18.2 Å². The van der Waals surface area contributed by atoms with Crippen molar-refractivity contribution in [1.82, 2.24) is 0 Å². The second-order valence-corrected chi connectivity index (χ2v) is 4.27. The first-order valence-corrected chi connectivity index (χ1v) is 6.08. The van der Waals surface area contributed by atoms with Crippen LogP contribution in [0.5, 0.6) is 0 Å². The van der Waals surface area contributed by atoms with Crippen LogP contribution in [0.15, 0.2) is 42.5 Å². The number of nitrogens with one attached hydrogen (secondary N) is 1. The van der Waals surface area contributed by atoms with Gasteiger partial charge in [0.05, 0.1) is 11.3 Å². The molecule has 104 valence electrons. The van der Waals surface area contributed by atoms with E-state index < -0.39 is 11.8 Å². The minimum Gasteiger partial charge on any atom is -0.478 e. The van der Waals surface area contributed by atoms with Crippen LogP contribution in [-0.2, 0) is 6.42 Å². The Kier molecular flexibility index (Phi) is 4.30. The number of carboxylic acid groups (broad SMARTS) is 1. The molecule has 0 aliphatic rings. The summed E-state index contributed by atoms with van der Waals surface area (Å²) in [7, 11) is 0. The van der Waals surface area contributed by atoms with Gasteiger partial charge in [-0.3, -0.25) is 0 Å². The molecule has 3 nitrogen and oxygen atoms in total. The van der Waals surface area contributed by atoms with Crippen LogP contribution in [0.2, 0.25) is 0 Å². The maximum atomic E-state index is 13.6. The minimum atomic E-state index is -1.19. The Labute approximate surface area is 114 Å². The second kappa shape index (κ2) is 6.14. The highest BCUT2D eigenvalue weighted by atomic mass is 19.1.